The number of hydrogen-bond donors (Lipinski definition) is 1. The van der Waals surface area contributed by atoms with Crippen molar-refractivity contribution in [2.75, 3.05) is 19.6 Å². The minimum absolute atomic E-state index is 0.382. The Morgan fingerprint density at radius 1 is 1.25 bits per heavy atom. The summed E-state index contributed by atoms with van der Waals surface area (Å²) in [5.41, 5.74) is 0.382. The van der Waals surface area contributed by atoms with Crippen molar-refractivity contribution in [1.29, 1.82) is 0 Å². The van der Waals surface area contributed by atoms with Gasteiger partial charge in [0.15, 0.2) is 0 Å². The first-order chi connectivity index (χ1) is 7.38. The highest BCUT2D eigenvalue weighted by molar-refractivity contribution is 4.93. The molecule has 4 unspecified atom stereocenters. The lowest BCUT2D eigenvalue weighted by Gasteiger charge is -2.44. The first kappa shape index (κ1) is 12.4. The molecule has 2 aliphatic rings. The van der Waals surface area contributed by atoms with Crippen LogP contribution >= 0.6 is 0 Å². The van der Waals surface area contributed by atoms with Crippen LogP contribution in [0.3, 0.4) is 0 Å². The van der Waals surface area contributed by atoms with Gasteiger partial charge in [-0.25, -0.2) is 0 Å². The van der Waals surface area contributed by atoms with Crippen LogP contribution in [0.2, 0.25) is 0 Å². The van der Waals surface area contributed by atoms with E-state index in [1.165, 1.54) is 19.5 Å². The lowest BCUT2D eigenvalue weighted by atomic mass is 9.84. The van der Waals surface area contributed by atoms with Gasteiger partial charge in [0.25, 0.3) is 0 Å². The molecule has 0 aromatic rings. The molecule has 2 fully saturated rings. The first-order valence-corrected chi connectivity index (χ1v) is 6.85. The summed E-state index contributed by atoms with van der Waals surface area (Å²) in [5.74, 6) is 1.97. The van der Waals surface area contributed by atoms with Gasteiger partial charge in [0.05, 0.1) is 0 Å². The lowest BCUT2D eigenvalue weighted by Crippen LogP contribution is -2.59. The van der Waals surface area contributed by atoms with E-state index in [1.54, 1.807) is 0 Å². The molecule has 0 amide bonds. The topological polar surface area (TPSA) is 15.3 Å². The fourth-order valence-corrected chi connectivity index (χ4v) is 2.71. The van der Waals surface area contributed by atoms with Crippen molar-refractivity contribution < 1.29 is 0 Å². The lowest BCUT2D eigenvalue weighted by molar-refractivity contribution is 0.0886. The van der Waals surface area contributed by atoms with E-state index in [9.17, 15) is 0 Å². The smallest absolute Gasteiger partial charge is 0.0244 e. The molecule has 4 atom stereocenters. The predicted molar refractivity (Wildman–Crippen MR) is 69.6 cm³/mol. The van der Waals surface area contributed by atoms with E-state index >= 15 is 0 Å². The fourth-order valence-electron chi connectivity index (χ4n) is 2.71. The second kappa shape index (κ2) is 4.30. The molecular formula is C14H28N2. The molecule has 0 aromatic carbocycles. The molecule has 94 valence electrons. The number of hydrogen-bond acceptors (Lipinski definition) is 2. The summed E-state index contributed by atoms with van der Waals surface area (Å²) in [6.07, 6.45) is 1.46. The van der Waals surface area contributed by atoms with E-state index in [0.29, 0.717) is 17.5 Å². The van der Waals surface area contributed by atoms with E-state index in [2.05, 4.69) is 44.8 Å². The molecule has 2 heteroatoms. The Balaban J connectivity index is 1.90. The van der Waals surface area contributed by atoms with Crippen LogP contribution in [0.15, 0.2) is 0 Å². The van der Waals surface area contributed by atoms with Crippen LogP contribution in [0.4, 0.5) is 0 Å². The minimum atomic E-state index is 0.382. The minimum Gasteiger partial charge on any atom is -0.311 e. The zero-order valence-corrected chi connectivity index (χ0v) is 11.6. The molecule has 2 rings (SSSR count). The second-order valence-electron chi connectivity index (χ2n) is 7.10. The summed E-state index contributed by atoms with van der Waals surface area (Å²) in [5, 5.41) is 3.70. The van der Waals surface area contributed by atoms with Crippen LogP contribution in [0.25, 0.3) is 0 Å². The summed E-state index contributed by atoms with van der Waals surface area (Å²) in [4.78, 5) is 2.71. The van der Waals surface area contributed by atoms with Gasteiger partial charge < -0.3 is 5.32 Å². The van der Waals surface area contributed by atoms with Crippen LogP contribution in [-0.4, -0.2) is 36.6 Å². The Bertz CT molecular complexity index is 244. The number of piperazine rings is 1. The van der Waals surface area contributed by atoms with Gasteiger partial charge in [0, 0.05) is 31.7 Å². The van der Waals surface area contributed by atoms with Crippen molar-refractivity contribution in [3.05, 3.63) is 0 Å². The zero-order chi connectivity index (χ0) is 11.9. The maximum Gasteiger partial charge on any atom is 0.0244 e. The van der Waals surface area contributed by atoms with Gasteiger partial charge in [-0.1, -0.05) is 27.7 Å². The Labute approximate surface area is 101 Å². The number of rotatable bonds is 2. The number of nitrogens with zero attached hydrogens (tertiary/aromatic N) is 1. The van der Waals surface area contributed by atoms with E-state index in [1.807, 2.05) is 0 Å². The monoisotopic (exact) mass is 224 g/mol. The molecule has 16 heavy (non-hydrogen) atoms. The molecule has 0 radical (unpaired) electrons. The molecule has 1 N–H and O–H groups in total. The highest BCUT2D eigenvalue weighted by atomic mass is 15.2. The molecule has 2 nitrogen and oxygen atoms in total. The highest BCUT2D eigenvalue weighted by Crippen LogP contribution is 2.39. The SMILES string of the molecule is CC1CC1CN1CC(C(C)(C)C)NCC1C. The third kappa shape index (κ3) is 2.78. The van der Waals surface area contributed by atoms with Gasteiger partial charge in [-0.2, -0.15) is 0 Å². The van der Waals surface area contributed by atoms with Crippen molar-refractivity contribution in [3.8, 4) is 0 Å². The van der Waals surface area contributed by atoms with E-state index in [-0.39, 0.29) is 0 Å². The zero-order valence-electron chi connectivity index (χ0n) is 11.6. The average molecular weight is 224 g/mol. The van der Waals surface area contributed by atoms with Gasteiger partial charge in [-0.15, -0.1) is 0 Å². The van der Waals surface area contributed by atoms with E-state index in [4.69, 9.17) is 0 Å². The first-order valence-electron chi connectivity index (χ1n) is 6.85. The van der Waals surface area contributed by atoms with Crippen LogP contribution in [0, 0.1) is 17.3 Å². The molecule has 0 bridgehead atoms. The average Bonchev–Trinajstić information content (AvgIpc) is 2.84. The van der Waals surface area contributed by atoms with Gasteiger partial charge in [0.2, 0.25) is 0 Å². The second-order valence-corrected chi connectivity index (χ2v) is 7.10. The highest BCUT2D eigenvalue weighted by Gasteiger charge is 2.38. The van der Waals surface area contributed by atoms with Gasteiger partial charge >= 0.3 is 0 Å². The van der Waals surface area contributed by atoms with Crippen molar-refractivity contribution >= 4 is 0 Å². The molecule has 1 heterocycles. The van der Waals surface area contributed by atoms with E-state index < -0.39 is 0 Å². The van der Waals surface area contributed by atoms with Crippen molar-refractivity contribution in [2.45, 2.75) is 53.1 Å². The molecule has 1 saturated heterocycles. The maximum atomic E-state index is 3.70. The molecule has 1 aliphatic heterocycles. The van der Waals surface area contributed by atoms with Gasteiger partial charge in [-0.05, 0) is 30.6 Å². The summed E-state index contributed by atoms with van der Waals surface area (Å²) in [6, 6.07) is 1.36. The summed E-state index contributed by atoms with van der Waals surface area (Å²) in [7, 11) is 0. The molecule has 1 aliphatic carbocycles. The molecule has 1 saturated carbocycles. The predicted octanol–water partition coefficient (Wildman–Crippen LogP) is 2.35. The molecule has 0 aromatic heterocycles. The largest absolute Gasteiger partial charge is 0.311 e. The molecule has 0 spiro atoms. The Hall–Kier alpha value is -0.0800. The Morgan fingerprint density at radius 3 is 2.38 bits per heavy atom. The van der Waals surface area contributed by atoms with Crippen molar-refractivity contribution in [3.63, 3.8) is 0 Å². The quantitative estimate of drug-likeness (QED) is 0.774. The van der Waals surface area contributed by atoms with Crippen molar-refractivity contribution in [2.24, 2.45) is 17.3 Å². The van der Waals surface area contributed by atoms with Crippen LogP contribution in [-0.2, 0) is 0 Å². The Kier molecular flexibility index (Phi) is 3.33. The van der Waals surface area contributed by atoms with E-state index in [0.717, 1.165) is 18.4 Å². The van der Waals surface area contributed by atoms with Crippen LogP contribution in [0.5, 0.6) is 0 Å². The van der Waals surface area contributed by atoms with Crippen LogP contribution < -0.4 is 5.32 Å². The summed E-state index contributed by atoms with van der Waals surface area (Å²) >= 11 is 0. The Morgan fingerprint density at radius 2 is 1.88 bits per heavy atom. The summed E-state index contributed by atoms with van der Waals surface area (Å²) < 4.78 is 0. The molecular weight excluding hydrogens is 196 g/mol. The van der Waals surface area contributed by atoms with Gasteiger partial charge in [0.1, 0.15) is 0 Å². The fraction of sp³-hybridized carbons (Fsp3) is 1.00. The van der Waals surface area contributed by atoms with Gasteiger partial charge in [-0.3, -0.25) is 4.90 Å². The number of nitrogens with one attached hydrogen (secondary N) is 1. The third-order valence-electron chi connectivity index (χ3n) is 4.49. The summed E-state index contributed by atoms with van der Waals surface area (Å²) in [6.45, 7) is 15.5. The maximum absolute atomic E-state index is 3.70. The standard InChI is InChI=1S/C14H28N2/c1-10-6-12(10)8-16-9-13(14(3,4)5)15-7-11(16)2/h10-13,15H,6-9H2,1-5H3. The normalized spacial score (nSPS) is 41.1. The third-order valence-corrected chi connectivity index (χ3v) is 4.49. The van der Waals surface area contributed by atoms with Crippen molar-refractivity contribution in [1.82, 2.24) is 10.2 Å². The van der Waals surface area contributed by atoms with Crippen LogP contribution in [0.1, 0.15) is 41.0 Å².